The molecule has 0 aromatic rings. The SMILES string of the molecule is CCNCC1(CN2CCC(C(F)(F)F)CC2)CCOCC1. The summed E-state index contributed by atoms with van der Waals surface area (Å²) >= 11 is 0. The third kappa shape index (κ3) is 4.83. The minimum Gasteiger partial charge on any atom is -0.381 e. The van der Waals surface area contributed by atoms with Gasteiger partial charge < -0.3 is 15.0 Å². The average molecular weight is 308 g/mol. The molecular weight excluding hydrogens is 281 g/mol. The number of nitrogens with zero attached hydrogens (tertiary/aromatic N) is 1. The summed E-state index contributed by atoms with van der Waals surface area (Å²) in [4.78, 5) is 2.23. The van der Waals surface area contributed by atoms with Crippen LogP contribution in [0.3, 0.4) is 0 Å². The summed E-state index contributed by atoms with van der Waals surface area (Å²) in [5, 5.41) is 3.42. The molecule has 0 saturated carbocycles. The highest BCUT2D eigenvalue weighted by Gasteiger charge is 2.42. The first-order valence-corrected chi connectivity index (χ1v) is 8.03. The molecule has 124 valence electrons. The molecule has 0 aromatic carbocycles. The predicted octanol–water partition coefficient (Wildman–Crippen LogP) is 2.67. The van der Waals surface area contributed by atoms with E-state index in [0.717, 1.165) is 45.7 Å². The van der Waals surface area contributed by atoms with Gasteiger partial charge in [0.2, 0.25) is 0 Å². The van der Waals surface area contributed by atoms with E-state index in [1.165, 1.54) is 0 Å². The lowest BCUT2D eigenvalue weighted by Crippen LogP contribution is -2.50. The predicted molar refractivity (Wildman–Crippen MR) is 76.2 cm³/mol. The zero-order chi connectivity index (χ0) is 15.3. The molecule has 3 nitrogen and oxygen atoms in total. The number of ether oxygens (including phenoxy) is 1. The summed E-state index contributed by atoms with van der Waals surface area (Å²) in [6.07, 6.45) is -1.53. The number of nitrogens with one attached hydrogen (secondary N) is 1. The number of hydrogen-bond acceptors (Lipinski definition) is 3. The van der Waals surface area contributed by atoms with Gasteiger partial charge in [-0.15, -0.1) is 0 Å². The van der Waals surface area contributed by atoms with Gasteiger partial charge in [0.05, 0.1) is 5.92 Å². The molecule has 2 saturated heterocycles. The van der Waals surface area contributed by atoms with E-state index in [1.807, 2.05) is 0 Å². The second-order valence-electron chi connectivity index (χ2n) is 6.48. The molecule has 21 heavy (non-hydrogen) atoms. The lowest BCUT2D eigenvalue weighted by molar-refractivity contribution is -0.186. The van der Waals surface area contributed by atoms with Crippen molar-refractivity contribution in [2.45, 2.75) is 38.8 Å². The fourth-order valence-corrected chi connectivity index (χ4v) is 3.48. The zero-order valence-corrected chi connectivity index (χ0v) is 12.8. The van der Waals surface area contributed by atoms with Crippen molar-refractivity contribution < 1.29 is 17.9 Å². The zero-order valence-electron chi connectivity index (χ0n) is 12.8. The third-order valence-corrected chi connectivity index (χ3v) is 4.91. The second-order valence-corrected chi connectivity index (χ2v) is 6.48. The molecule has 2 aliphatic rings. The van der Waals surface area contributed by atoms with Crippen molar-refractivity contribution in [3.05, 3.63) is 0 Å². The Morgan fingerprint density at radius 3 is 2.33 bits per heavy atom. The number of piperidine rings is 1. The van der Waals surface area contributed by atoms with E-state index in [-0.39, 0.29) is 18.3 Å². The maximum atomic E-state index is 12.7. The van der Waals surface area contributed by atoms with Gasteiger partial charge in [-0.1, -0.05) is 6.92 Å². The Labute approximate surface area is 125 Å². The van der Waals surface area contributed by atoms with E-state index >= 15 is 0 Å². The maximum absolute atomic E-state index is 12.7. The van der Waals surface area contributed by atoms with E-state index < -0.39 is 12.1 Å². The molecule has 2 fully saturated rings. The Bertz CT molecular complexity index is 309. The Kier molecular flexibility index (Phi) is 5.91. The normalized spacial score (nSPS) is 25.1. The van der Waals surface area contributed by atoms with E-state index in [1.54, 1.807) is 0 Å². The van der Waals surface area contributed by atoms with E-state index in [0.29, 0.717) is 13.1 Å². The lowest BCUT2D eigenvalue weighted by Gasteiger charge is -2.43. The average Bonchev–Trinajstić information content (AvgIpc) is 2.46. The van der Waals surface area contributed by atoms with E-state index in [4.69, 9.17) is 4.74 Å². The topological polar surface area (TPSA) is 24.5 Å². The summed E-state index contributed by atoms with van der Waals surface area (Å²) in [5.41, 5.74) is 0.166. The molecule has 0 bridgehead atoms. The molecule has 6 heteroatoms. The van der Waals surface area contributed by atoms with Crippen LogP contribution < -0.4 is 5.32 Å². The van der Waals surface area contributed by atoms with Crippen molar-refractivity contribution in [3.63, 3.8) is 0 Å². The van der Waals surface area contributed by atoms with Crippen molar-refractivity contribution >= 4 is 0 Å². The second kappa shape index (κ2) is 7.29. The van der Waals surface area contributed by atoms with Crippen molar-refractivity contribution in [2.75, 3.05) is 45.9 Å². The maximum Gasteiger partial charge on any atom is 0.391 e. The van der Waals surface area contributed by atoms with Crippen molar-refractivity contribution in [1.29, 1.82) is 0 Å². The van der Waals surface area contributed by atoms with Crippen molar-refractivity contribution in [2.24, 2.45) is 11.3 Å². The van der Waals surface area contributed by atoms with Crippen LogP contribution in [0.15, 0.2) is 0 Å². The Morgan fingerprint density at radius 2 is 1.81 bits per heavy atom. The van der Waals surface area contributed by atoms with Gasteiger partial charge in [-0.2, -0.15) is 13.2 Å². The number of halogens is 3. The first-order chi connectivity index (χ1) is 9.95. The van der Waals surface area contributed by atoms with Crippen LogP contribution >= 0.6 is 0 Å². The summed E-state index contributed by atoms with van der Waals surface area (Å²) in [5.74, 6) is -1.10. The smallest absolute Gasteiger partial charge is 0.381 e. The highest BCUT2D eigenvalue weighted by atomic mass is 19.4. The molecule has 1 N–H and O–H groups in total. The van der Waals surface area contributed by atoms with Gasteiger partial charge in [-0.25, -0.2) is 0 Å². The molecule has 0 amide bonds. The minimum absolute atomic E-state index is 0.166. The summed E-state index contributed by atoms with van der Waals surface area (Å²) in [7, 11) is 0. The van der Waals surface area contributed by atoms with Crippen molar-refractivity contribution in [3.8, 4) is 0 Å². The van der Waals surface area contributed by atoms with Gasteiger partial charge in [0.15, 0.2) is 0 Å². The molecule has 0 unspecified atom stereocenters. The monoisotopic (exact) mass is 308 g/mol. The lowest BCUT2D eigenvalue weighted by atomic mass is 9.79. The van der Waals surface area contributed by atoms with Crippen LogP contribution in [0, 0.1) is 11.3 Å². The molecule has 0 spiro atoms. The first kappa shape index (κ1) is 17.0. The summed E-state index contributed by atoms with van der Waals surface area (Å²) in [6.45, 7) is 7.52. The van der Waals surface area contributed by atoms with Gasteiger partial charge in [-0.05, 0) is 50.7 Å². The van der Waals surface area contributed by atoms with Crippen LogP contribution in [-0.2, 0) is 4.74 Å². The molecule has 0 aliphatic carbocycles. The molecule has 0 atom stereocenters. The van der Waals surface area contributed by atoms with Crippen LogP contribution in [0.5, 0.6) is 0 Å². The number of likely N-dealkylation sites (tertiary alicyclic amines) is 1. The fraction of sp³-hybridized carbons (Fsp3) is 1.00. The highest BCUT2D eigenvalue weighted by molar-refractivity contribution is 4.89. The van der Waals surface area contributed by atoms with Crippen LogP contribution in [0.25, 0.3) is 0 Å². The van der Waals surface area contributed by atoms with E-state index in [9.17, 15) is 13.2 Å². The molecule has 0 radical (unpaired) electrons. The third-order valence-electron chi connectivity index (χ3n) is 4.91. The minimum atomic E-state index is -4.02. The van der Waals surface area contributed by atoms with Gasteiger partial charge in [-0.3, -0.25) is 0 Å². The number of rotatable bonds is 5. The number of hydrogen-bond donors (Lipinski definition) is 1. The van der Waals surface area contributed by atoms with E-state index in [2.05, 4.69) is 17.1 Å². The highest BCUT2D eigenvalue weighted by Crippen LogP contribution is 2.36. The largest absolute Gasteiger partial charge is 0.391 e. The number of alkyl halides is 3. The molecule has 2 rings (SSSR count). The van der Waals surface area contributed by atoms with Crippen LogP contribution in [0.1, 0.15) is 32.6 Å². The Balaban J connectivity index is 1.87. The fourth-order valence-electron chi connectivity index (χ4n) is 3.48. The molecule has 2 aliphatic heterocycles. The van der Waals surface area contributed by atoms with Gasteiger partial charge in [0.1, 0.15) is 0 Å². The Hall–Kier alpha value is -0.330. The molecule has 2 heterocycles. The molecule has 0 aromatic heterocycles. The van der Waals surface area contributed by atoms with Crippen molar-refractivity contribution in [1.82, 2.24) is 10.2 Å². The van der Waals surface area contributed by atoms with Gasteiger partial charge in [0, 0.05) is 26.3 Å². The molecular formula is C15H27F3N2O. The van der Waals surface area contributed by atoms with Crippen LogP contribution in [0.4, 0.5) is 13.2 Å². The van der Waals surface area contributed by atoms with Gasteiger partial charge in [0.25, 0.3) is 0 Å². The first-order valence-electron chi connectivity index (χ1n) is 8.03. The van der Waals surface area contributed by atoms with Crippen LogP contribution in [0.2, 0.25) is 0 Å². The summed E-state index contributed by atoms with van der Waals surface area (Å²) in [6, 6.07) is 0. The standard InChI is InChI=1S/C15H27F3N2O/c1-2-19-11-14(5-9-21-10-6-14)12-20-7-3-13(4-8-20)15(16,17)18/h13,19H,2-12H2,1H3. The van der Waals surface area contributed by atoms with Crippen LogP contribution in [-0.4, -0.2) is 57.0 Å². The van der Waals surface area contributed by atoms with Gasteiger partial charge >= 0.3 is 6.18 Å². The quantitative estimate of drug-likeness (QED) is 0.845. The Morgan fingerprint density at radius 1 is 1.19 bits per heavy atom. The summed E-state index contributed by atoms with van der Waals surface area (Å²) < 4.78 is 43.6.